The van der Waals surface area contributed by atoms with Crippen LogP contribution in [-0.2, 0) is 5.41 Å². The fraction of sp³-hybridized carbons (Fsp3) is 0.500. The molecule has 0 radical (unpaired) electrons. The van der Waals surface area contributed by atoms with Crippen molar-refractivity contribution < 1.29 is 5.11 Å². The van der Waals surface area contributed by atoms with E-state index >= 15 is 0 Å². The molecule has 120 valence electrons. The van der Waals surface area contributed by atoms with Crippen molar-refractivity contribution in [1.29, 1.82) is 0 Å². The van der Waals surface area contributed by atoms with E-state index in [2.05, 4.69) is 39.9 Å². The predicted octanol–water partition coefficient (Wildman–Crippen LogP) is 4.13. The average molecular weight is 318 g/mol. The van der Waals surface area contributed by atoms with Crippen LogP contribution in [0.5, 0.6) is 0 Å². The van der Waals surface area contributed by atoms with E-state index in [1.54, 1.807) is 11.3 Å². The summed E-state index contributed by atoms with van der Waals surface area (Å²) < 4.78 is 0. The smallest absolute Gasteiger partial charge is 0.0985 e. The number of benzene rings is 1. The van der Waals surface area contributed by atoms with Crippen molar-refractivity contribution in [3.63, 3.8) is 0 Å². The van der Waals surface area contributed by atoms with E-state index < -0.39 is 0 Å². The molecule has 1 heterocycles. The van der Waals surface area contributed by atoms with Gasteiger partial charge in [0.15, 0.2) is 0 Å². The topological polar surface area (TPSA) is 45.2 Å². The van der Waals surface area contributed by atoms with Gasteiger partial charge in [-0.15, -0.1) is 11.3 Å². The average Bonchev–Trinajstić information content (AvgIpc) is 2.87. The molecule has 0 aliphatic carbocycles. The highest BCUT2D eigenvalue weighted by Crippen LogP contribution is 2.33. The summed E-state index contributed by atoms with van der Waals surface area (Å²) in [5.41, 5.74) is 2.26. The van der Waals surface area contributed by atoms with Gasteiger partial charge in [-0.3, -0.25) is 0 Å². The Balaban J connectivity index is 2.18. The Morgan fingerprint density at radius 3 is 2.36 bits per heavy atom. The highest BCUT2D eigenvalue weighted by Gasteiger charge is 2.23. The molecule has 22 heavy (non-hydrogen) atoms. The first-order valence-electron chi connectivity index (χ1n) is 7.72. The molecule has 0 saturated heterocycles. The minimum absolute atomic E-state index is 0.0595. The highest BCUT2D eigenvalue weighted by atomic mass is 32.1. The number of nitrogens with one attached hydrogen (secondary N) is 1. The third-order valence-electron chi connectivity index (χ3n) is 3.70. The van der Waals surface area contributed by atoms with E-state index in [1.807, 2.05) is 30.3 Å². The van der Waals surface area contributed by atoms with E-state index in [0.717, 1.165) is 16.3 Å². The first-order chi connectivity index (χ1) is 10.3. The zero-order valence-corrected chi connectivity index (χ0v) is 14.9. The lowest BCUT2D eigenvalue weighted by atomic mass is 9.98. The standard InChI is InChI=1S/C18H26N2OS/c1-12(16-13(2)20-17(22-16)18(3,4)5)19-15(11-21)14-9-7-6-8-10-14/h6-10,12,15,19,21H,11H2,1-5H3. The van der Waals surface area contributed by atoms with Crippen molar-refractivity contribution in [3.05, 3.63) is 51.5 Å². The minimum atomic E-state index is -0.0595. The largest absolute Gasteiger partial charge is 0.394 e. The molecule has 2 N–H and O–H groups in total. The van der Waals surface area contributed by atoms with E-state index in [1.165, 1.54) is 4.88 Å². The molecule has 2 aromatic rings. The Morgan fingerprint density at radius 1 is 1.23 bits per heavy atom. The second kappa shape index (κ2) is 6.90. The van der Waals surface area contributed by atoms with Crippen LogP contribution in [-0.4, -0.2) is 16.7 Å². The van der Waals surface area contributed by atoms with Crippen LogP contribution in [0.25, 0.3) is 0 Å². The molecular weight excluding hydrogens is 292 g/mol. The third kappa shape index (κ3) is 3.94. The van der Waals surface area contributed by atoms with Crippen molar-refractivity contribution in [2.75, 3.05) is 6.61 Å². The number of hydrogen-bond donors (Lipinski definition) is 2. The van der Waals surface area contributed by atoms with Gasteiger partial charge in [0.05, 0.1) is 23.4 Å². The van der Waals surface area contributed by atoms with Crippen LogP contribution in [0, 0.1) is 6.92 Å². The van der Waals surface area contributed by atoms with Crippen molar-refractivity contribution in [2.45, 2.75) is 52.1 Å². The van der Waals surface area contributed by atoms with Gasteiger partial charge in [-0.2, -0.15) is 0 Å². The quantitative estimate of drug-likeness (QED) is 0.871. The van der Waals surface area contributed by atoms with Gasteiger partial charge in [-0.05, 0) is 19.4 Å². The fourth-order valence-corrected chi connectivity index (χ4v) is 3.58. The molecule has 0 aliphatic rings. The van der Waals surface area contributed by atoms with Gasteiger partial charge >= 0.3 is 0 Å². The van der Waals surface area contributed by atoms with E-state index in [4.69, 9.17) is 4.98 Å². The first kappa shape index (κ1) is 17.1. The van der Waals surface area contributed by atoms with Crippen molar-refractivity contribution in [1.82, 2.24) is 10.3 Å². The molecule has 2 unspecified atom stereocenters. The van der Waals surface area contributed by atoms with Crippen LogP contribution >= 0.6 is 11.3 Å². The lowest BCUT2D eigenvalue weighted by Gasteiger charge is -2.22. The maximum atomic E-state index is 9.70. The Bertz CT molecular complexity index is 601. The van der Waals surface area contributed by atoms with Gasteiger partial charge in [0, 0.05) is 16.3 Å². The fourth-order valence-electron chi connectivity index (χ4n) is 2.45. The normalized spacial score (nSPS) is 14.8. The second-order valence-electron chi connectivity index (χ2n) is 6.75. The maximum absolute atomic E-state index is 9.70. The molecule has 4 heteroatoms. The lowest BCUT2D eigenvalue weighted by molar-refractivity contribution is 0.236. The van der Waals surface area contributed by atoms with Crippen molar-refractivity contribution in [3.8, 4) is 0 Å². The Kier molecular flexibility index (Phi) is 5.37. The van der Waals surface area contributed by atoms with Crippen LogP contribution in [0.15, 0.2) is 30.3 Å². The number of nitrogens with zero attached hydrogens (tertiary/aromatic N) is 1. The molecule has 1 aromatic heterocycles. The Morgan fingerprint density at radius 2 is 1.86 bits per heavy atom. The van der Waals surface area contributed by atoms with Gasteiger partial charge in [-0.1, -0.05) is 51.1 Å². The number of rotatable bonds is 5. The predicted molar refractivity (Wildman–Crippen MR) is 93.4 cm³/mol. The number of aromatic nitrogens is 1. The zero-order valence-electron chi connectivity index (χ0n) is 14.1. The van der Waals surface area contributed by atoms with E-state index in [9.17, 15) is 5.11 Å². The molecule has 0 saturated carbocycles. The molecule has 3 nitrogen and oxygen atoms in total. The highest BCUT2D eigenvalue weighted by molar-refractivity contribution is 7.12. The number of thiazole rings is 1. The third-order valence-corrected chi connectivity index (χ3v) is 5.47. The molecule has 0 bridgehead atoms. The summed E-state index contributed by atoms with van der Waals surface area (Å²) >= 11 is 1.77. The lowest BCUT2D eigenvalue weighted by Crippen LogP contribution is -2.27. The van der Waals surface area contributed by atoms with E-state index in [0.29, 0.717) is 0 Å². The molecule has 2 rings (SSSR count). The summed E-state index contributed by atoms with van der Waals surface area (Å²) in [7, 11) is 0. The van der Waals surface area contributed by atoms with Crippen LogP contribution < -0.4 is 5.32 Å². The molecule has 0 spiro atoms. The number of aliphatic hydroxyl groups is 1. The second-order valence-corrected chi connectivity index (χ2v) is 7.78. The van der Waals surface area contributed by atoms with Crippen molar-refractivity contribution >= 4 is 11.3 Å². The Labute approximate surface area is 137 Å². The Hall–Kier alpha value is -1.23. The minimum Gasteiger partial charge on any atom is -0.394 e. The van der Waals surface area contributed by atoms with Crippen LogP contribution in [0.3, 0.4) is 0 Å². The monoisotopic (exact) mass is 318 g/mol. The molecule has 0 aliphatic heterocycles. The molecule has 1 aromatic carbocycles. The van der Waals surface area contributed by atoms with Crippen LogP contribution in [0.4, 0.5) is 0 Å². The first-order valence-corrected chi connectivity index (χ1v) is 8.54. The number of aryl methyl sites for hydroxylation is 1. The maximum Gasteiger partial charge on any atom is 0.0985 e. The van der Waals surface area contributed by atoms with Crippen LogP contribution in [0.2, 0.25) is 0 Å². The number of hydrogen-bond acceptors (Lipinski definition) is 4. The summed E-state index contributed by atoms with van der Waals surface area (Å²) in [5, 5.41) is 14.4. The summed E-state index contributed by atoms with van der Waals surface area (Å²) in [4.78, 5) is 5.97. The van der Waals surface area contributed by atoms with Crippen LogP contribution in [0.1, 0.15) is 60.9 Å². The zero-order chi connectivity index (χ0) is 16.3. The van der Waals surface area contributed by atoms with Gasteiger partial charge in [0.1, 0.15) is 0 Å². The summed E-state index contributed by atoms with van der Waals surface area (Å²) in [5.74, 6) is 0. The summed E-state index contributed by atoms with van der Waals surface area (Å²) in [6, 6.07) is 10.2. The van der Waals surface area contributed by atoms with Gasteiger partial charge in [0.25, 0.3) is 0 Å². The molecule has 0 fully saturated rings. The van der Waals surface area contributed by atoms with E-state index in [-0.39, 0.29) is 24.1 Å². The summed E-state index contributed by atoms with van der Waals surface area (Å²) in [6.07, 6.45) is 0. The molecule has 0 amide bonds. The molecule has 2 atom stereocenters. The number of aliphatic hydroxyl groups excluding tert-OH is 1. The van der Waals surface area contributed by atoms with Gasteiger partial charge in [-0.25, -0.2) is 4.98 Å². The van der Waals surface area contributed by atoms with Gasteiger partial charge in [0.2, 0.25) is 0 Å². The molecular formula is C18H26N2OS. The SMILES string of the molecule is Cc1nc(C(C)(C)C)sc1C(C)NC(CO)c1ccccc1. The summed E-state index contributed by atoms with van der Waals surface area (Å²) in [6.45, 7) is 10.8. The van der Waals surface area contributed by atoms with Gasteiger partial charge < -0.3 is 10.4 Å². The van der Waals surface area contributed by atoms with Crippen molar-refractivity contribution in [2.24, 2.45) is 0 Å².